The smallest absolute Gasteiger partial charge is 0.269 e. The molecule has 16 heavy (non-hydrogen) atoms. The van der Waals surface area contributed by atoms with Gasteiger partial charge in [0, 0.05) is 5.54 Å². The summed E-state index contributed by atoms with van der Waals surface area (Å²) in [5.74, 6) is 0. The van der Waals surface area contributed by atoms with Crippen molar-refractivity contribution in [3.63, 3.8) is 0 Å². The second-order valence-corrected chi connectivity index (χ2v) is 6.38. The Labute approximate surface area is 96.5 Å². The van der Waals surface area contributed by atoms with Gasteiger partial charge in [0.2, 0.25) is 0 Å². The predicted octanol–water partition coefficient (Wildman–Crippen LogP) is 3.81. The highest BCUT2D eigenvalue weighted by Crippen LogP contribution is 2.53. The lowest BCUT2D eigenvalue weighted by molar-refractivity contribution is 0.0192. The van der Waals surface area contributed by atoms with Crippen LogP contribution in [0.5, 0.6) is 0 Å². The number of likely N-dealkylation sites (tertiary alicyclic amines) is 1. The van der Waals surface area contributed by atoms with Gasteiger partial charge in [-0.05, 0) is 70.5 Å². The molecule has 1 spiro atoms. The monoisotopic (exact) mass is 229 g/mol. The van der Waals surface area contributed by atoms with Gasteiger partial charge in [0.1, 0.15) is 0 Å². The lowest BCUT2D eigenvalue weighted by atomic mass is 9.60. The van der Waals surface area contributed by atoms with E-state index in [9.17, 15) is 8.78 Å². The first kappa shape index (κ1) is 12.0. The van der Waals surface area contributed by atoms with E-state index in [0.717, 1.165) is 25.9 Å². The Kier molecular flexibility index (Phi) is 2.85. The normalized spacial score (nSPS) is 25.7. The van der Waals surface area contributed by atoms with E-state index < -0.39 is 6.08 Å². The molecule has 1 nitrogen and oxygen atoms in total. The van der Waals surface area contributed by atoms with E-state index in [1.165, 1.54) is 0 Å². The van der Waals surface area contributed by atoms with E-state index in [1.807, 2.05) is 0 Å². The van der Waals surface area contributed by atoms with E-state index in [2.05, 4.69) is 25.7 Å². The Bertz CT molecular complexity index is 292. The molecule has 0 bridgehead atoms. The molecule has 0 N–H and O–H groups in total. The summed E-state index contributed by atoms with van der Waals surface area (Å²) in [7, 11) is 0. The first-order valence-corrected chi connectivity index (χ1v) is 6.11. The van der Waals surface area contributed by atoms with Gasteiger partial charge >= 0.3 is 0 Å². The largest absolute Gasteiger partial charge is 0.298 e. The summed E-state index contributed by atoms with van der Waals surface area (Å²) in [6.07, 6.45) is 2.03. The zero-order valence-electron chi connectivity index (χ0n) is 10.4. The van der Waals surface area contributed by atoms with Crippen LogP contribution in [-0.4, -0.2) is 23.5 Å². The second kappa shape index (κ2) is 3.80. The van der Waals surface area contributed by atoms with Crippen LogP contribution in [0.25, 0.3) is 0 Å². The Morgan fingerprint density at radius 1 is 1.12 bits per heavy atom. The lowest BCUT2D eigenvalue weighted by Gasteiger charge is -2.51. The molecule has 92 valence electrons. The van der Waals surface area contributed by atoms with E-state index in [0.29, 0.717) is 18.4 Å². The molecule has 3 heteroatoms. The summed E-state index contributed by atoms with van der Waals surface area (Å²) < 4.78 is 24.7. The minimum absolute atomic E-state index is 0.218. The van der Waals surface area contributed by atoms with Gasteiger partial charge in [0.25, 0.3) is 6.08 Å². The van der Waals surface area contributed by atoms with Crippen LogP contribution in [0.4, 0.5) is 8.78 Å². The fraction of sp³-hybridized carbons (Fsp3) is 0.846. The number of piperidine rings is 1. The van der Waals surface area contributed by atoms with Crippen molar-refractivity contribution in [2.75, 3.05) is 13.1 Å². The van der Waals surface area contributed by atoms with E-state index in [4.69, 9.17) is 0 Å². The quantitative estimate of drug-likeness (QED) is 0.610. The molecule has 0 unspecified atom stereocenters. The number of halogens is 2. The third kappa shape index (κ3) is 2.15. The van der Waals surface area contributed by atoms with Crippen LogP contribution in [0.3, 0.4) is 0 Å². The zero-order chi connectivity index (χ0) is 12.0. The van der Waals surface area contributed by atoms with Crippen molar-refractivity contribution in [1.29, 1.82) is 0 Å². The van der Waals surface area contributed by atoms with Crippen molar-refractivity contribution in [1.82, 2.24) is 4.90 Å². The summed E-state index contributed by atoms with van der Waals surface area (Å²) >= 11 is 0. The first-order chi connectivity index (χ1) is 7.32. The highest BCUT2D eigenvalue weighted by atomic mass is 19.3. The van der Waals surface area contributed by atoms with E-state index in [-0.39, 0.29) is 11.0 Å². The molecule has 1 saturated heterocycles. The van der Waals surface area contributed by atoms with Crippen LogP contribution in [0.2, 0.25) is 0 Å². The van der Waals surface area contributed by atoms with Crippen LogP contribution < -0.4 is 0 Å². The fourth-order valence-electron chi connectivity index (χ4n) is 2.99. The van der Waals surface area contributed by atoms with Crippen LogP contribution in [0.15, 0.2) is 11.7 Å². The maximum atomic E-state index is 12.4. The molecule has 0 aromatic rings. The molecular formula is C13H21F2N. The van der Waals surface area contributed by atoms with Crippen LogP contribution in [0, 0.1) is 5.41 Å². The molecule has 1 aliphatic heterocycles. The van der Waals surface area contributed by atoms with E-state index >= 15 is 0 Å². The second-order valence-electron chi connectivity index (χ2n) is 6.38. The average Bonchev–Trinajstić information content (AvgIpc) is 2.12. The number of allylic oxidation sites excluding steroid dienone is 1. The molecule has 2 aliphatic rings. The summed E-state index contributed by atoms with van der Waals surface area (Å²) in [5.41, 5.74) is 0.847. The minimum atomic E-state index is -1.43. The predicted molar refractivity (Wildman–Crippen MR) is 61.5 cm³/mol. The molecule has 2 fully saturated rings. The number of hydrogen-bond donors (Lipinski definition) is 0. The molecule has 0 radical (unpaired) electrons. The number of rotatable bonds is 0. The van der Waals surface area contributed by atoms with Crippen molar-refractivity contribution in [3.8, 4) is 0 Å². The Balaban J connectivity index is 1.90. The van der Waals surface area contributed by atoms with Gasteiger partial charge in [-0.1, -0.05) is 0 Å². The highest BCUT2D eigenvalue weighted by molar-refractivity contribution is 5.20. The standard InChI is InChI=1S/C13H21F2N/c1-12(2,3)16-6-4-13(5-7-16)8-10(9-13)11(14)15/h4-9H2,1-3H3. The molecular weight excluding hydrogens is 208 g/mol. The van der Waals surface area contributed by atoms with Crippen molar-refractivity contribution in [2.45, 2.75) is 52.0 Å². The molecule has 1 heterocycles. The zero-order valence-corrected chi connectivity index (χ0v) is 10.4. The maximum Gasteiger partial charge on any atom is 0.269 e. The van der Waals surface area contributed by atoms with Gasteiger partial charge in [-0.25, -0.2) is 0 Å². The Hall–Kier alpha value is -0.440. The summed E-state index contributed by atoms with van der Waals surface area (Å²) in [6.45, 7) is 8.78. The molecule has 0 aromatic heterocycles. The average molecular weight is 229 g/mol. The number of hydrogen-bond acceptors (Lipinski definition) is 1. The van der Waals surface area contributed by atoms with Crippen LogP contribution in [-0.2, 0) is 0 Å². The molecule has 1 saturated carbocycles. The highest BCUT2D eigenvalue weighted by Gasteiger charge is 2.45. The van der Waals surface area contributed by atoms with Crippen molar-refractivity contribution < 1.29 is 8.78 Å². The maximum absolute atomic E-state index is 12.4. The number of nitrogens with zero attached hydrogens (tertiary/aromatic N) is 1. The van der Waals surface area contributed by atoms with Gasteiger partial charge in [0.15, 0.2) is 0 Å². The third-order valence-corrected chi connectivity index (χ3v) is 4.22. The minimum Gasteiger partial charge on any atom is -0.298 e. The molecule has 0 amide bonds. The SMILES string of the molecule is CC(C)(C)N1CCC2(CC1)CC(=C(F)F)C2. The Morgan fingerprint density at radius 2 is 1.62 bits per heavy atom. The lowest BCUT2D eigenvalue weighted by Crippen LogP contribution is -2.51. The molecule has 2 rings (SSSR count). The molecule has 0 atom stereocenters. The van der Waals surface area contributed by atoms with Gasteiger partial charge < -0.3 is 0 Å². The van der Waals surface area contributed by atoms with Gasteiger partial charge in [-0.15, -0.1) is 0 Å². The molecule has 1 aliphatic carbocycles. The van der Waals surface area contributed by atoms with Gasteiger partial charge in [-0.2, -0.15) is 8.78 Å². The van der Waals surface area contributed by atoms with Gasteiger partial charge in [0.05, 0.1) is 0 Å². The summed E-state index contributed by atoms with van der Waals surface area (Å²) in [6, 6.07) is 0. The van der Waals surface area contributed by atoms with Crippen LogP contribution >= 0.6 is 0 Å². The van der Waals surface area contributed by atoms with Crippen LogP contribution in [0.1, 0.15) is 46.5 Å². The van der Waals surface area contributed by atoms with Crippen molar-refractivity contribution in [3.05, 3.63) is 11.7 Å². The third-order valence-electron chi connectivity index (χ3n) is 4.22. The molecule has 0 aromatic carbocycles. The van der Waals surface area contributed by atoms with Gasteiger partial charge in [-0.3, -0.25) is 4.90 Å². The first-order valence-electron chi connectivity index (χ1n) is 6.11. The Morgan fingerprint density at radius 3 is 2.00 bits per heavy atom. The topological polar surface area (TPSA) is 3.24 Å². The van der Waals surface area contributed by atoms with E-state index in [1.54, 1.807) is 0 Å². The van der Waals surface area contributed by atoms with Crippen molar-refractivity contribution >= 4 is 0 Å². The summed E-state index contributed by atoms with van der Waals surface area (Å²) in [5, 5.41) is 0. The fourth-order valence-corrected chi connectivity index (χ4v) is 2.99. The van der Waals surface area contributed by atoms with Crippen molar-refractivity contribution in [2.24, 2.45) is 5.41 Å². The summed E-state index contributed by atoms with van der Waals surface area (Å²) in [4.78, 5) is 2.46.